The molecule has 33 heavy (non-hydrogen) atoms. The van der Waals surface area contributed by atoms with Gasteiger partial charge in [0.15, 0.2) is 11.8 Å². The molecule has 0 bridgehead atoms. The molecule has 0 saturated heterocycles. The number of ether oxygens (including phenoxy) is 1. The fourth-order valence-corrected chi connectivity index (χ4v) is 11.4. The lowest BCUT2D eigenvalue weighted by Crippen LogP contribution is -2.60. The smallest absolute Gasteiger partial charge is 0.302 e. The molecule has 4 heteroatoms. The molecule has 2 unspecified atom stereocenters. The monoisotopic (exact) mass is 474 g/mol. The van der Waals surface area contributed by atoms with E-state index in [2.05, 4.69) is 32.3 Å². The summed E-state index contributed by atoms with van der Waals surface area (Å²) in [4.78, 5) is 11.4. The van der Waals surface area contributed by atoms with Crippen LogP contribution in [0.3, 0.4) is 0 Å². The summed E-state index contributed by atoms with van der Waals surface area (Å²) in [5.74, 6) is 4.75. The maximum atomic E-state index is 11.6. The first-order chi connectivity index (χ1) is 15.6. The van der Waals surface area contributed by atoms with Gasteiger partial charge in [-0.05, 0) is 73.5 Å². The average Bonchev–Trinajstić information content (AvgIpc) is 3.20. The first-order valence-corrected chi connectivity index (χ1v) is 14.4. The molecular formula is C29H45ClNO2+. The van der Waals surface area contributed by atoms with Crippen LogP contribution in [-0.2, 0) is 9.53 Å². The predicted molar refractivity (Wildman–Crippen MR) is 133 cm³/mol. The van der Waals surface area contributed by atoms with Crippen LogP contribution in [0.5, 0.6) is 0 Å². The predicted octanol–water partition coefficient (Wildman–Crippen LogP) is 6.45. The number of esters is 1. The standard InChI is InChI=1S/C29H45ClNO2/c1-17-6-7-24-18(2)26-25(31(24)16-17)14-23-21-9-13-29(30)15-20(33-19(3)32)8-12-28(29,5)22(21)10-11-27(23,26)4/h17-18,20-23,25-26H,6-16H2,1-5H3/q+1/t17-,18+,20-,21+,22-,23-,25?,26?,27-,28+,29+/m0/s1. The average molecular weight is 475 g/mol. The second kappa shape index (κ2) is 7.47. The number of carbonyl (C=O) groups is 1. The highest BCUT2D eigenvalue weighted by Gasteiger charge is 2.70. The van der Waals surface area contributed by atoms with Gasteiger partial charge in [-0.3, -0.25) is 4.79 Å². The van der Waals surface area contributed by atoms with Crippen LogP contribution in [0, 0.1) is 46.3 Å². The molecule has 2 aliphatic heterocycles. The number of carbonyl (C=O) groups excluding carboxylic acids is 1. The van der Waals surface area contributed by atoms with E-state index in [0.29, 0.717) is 5.41 Å². The van der Waals surface area contributed by atoms with E-state index in [0.717, 1.165) is 67.2 Å². The molecule has 0 spiro atoms. The first kappa shape index (κ1) is 22.9. The summed E-state index contributed by atoms with van der Waals surface area (Å²) in [6.45, 7) is 13.1. The van der Waals surface area contributed by atoms with E-state index in [-0.39, 0.29) is 22.4 Å². The molecule has 0 radical (unpaired) electrons. The van der Waals surface area contributed by atoms with Gasteiger partial charge in [0.2, 0.25) is 0 Å². The highest BCUT2D eigenvalue weighted by Crippen LogP contribution is 2.71. The summed E-state index contributed by atoms with van der Waals surface area (Å²) in [5, 5.41) is 0. The second-order valence-electron chi connectivity index (χ2n) is 13.7. The minimum absolute atomic E-state index is 0.0141. The topological polar surface area (TPSA) is 29.3 Å². The Bertz CT molecular complexity index is 885. The first-order valence-electron chi connectivity index (χ1n) is 14.1. The van der Waals surface area contributed by atoms with Crippen molar-refractivity contribution in [3.05, 3.63) is 0 Å². The second-order valence-corrected chi connectivity index (χ2v) is 14.4. The van der Waals surface area contributed by atoms with E-state index >= 15 is 0 Å². The van der Waals surface area contributed by atoms with Crippen LogP contribution < -0.4 is 0 Å². The van der Waals surface area contributed by atoms with Gasteiger partial charge in [0, 0.05) is 43.9 Å². The molecule has 6 rings (SSSR count). The summed E-state index contributed by atoms with van der Waals surface area (Å²) in [6, 6.07) is 0.793. The van der Waals surface area contributed by atoms with Crippen molar-refractivity contribution in [3.63, 3.8) is 0 Å². The van der Waals surface area contributed by atoms with Gasteiger partial charge in [0.1, 0.15) is 12.6 Å². The number of alkyl halides is 1. The third kappa shape index (κ3) is 3.05. The molecule has 0 N–H and O–H groups in total. The van der Waals surface area contributed by atoms with Crippen LogP contribution in [-0.4, -0.2) is 39.8 Å². The van der Waals surface area contributed by atoms with Crippen LogP contribution in [0.25, 0.3) is 0 Å². The lowest BCUT2D eigenvalue weighted by molar-refractivity contribution is -0.573. The lowest BCUT2D eigenvalue weighted by Gasteiger charge is -2.63. The van der Waals surface area contributed by atoms with E-state index in [9.17, 15) is 4.79 Å². The molecule has 2 heterocycles. The Labute approximate surface area is 206 Å². The fourth-order valence-electron chi connectivity index (χ4n) is 10.9. The van der Waals surface area contributed by atoms with E-state index in [4.69, 9.17) is 16.3 Å². The molecule has 0 amide bonds. The molecule has 0 aromatic heterocycles. The third-order valence-corrected chi connectivity index (χ3v) is 13.1. The summed E-state index contributed by atoms with van der Waals surface area (Å²) in [5.41, 5.74) is 2.48. The zero-order valence-electron chi connectivity index (χ0n) is 21.5. The molecular weight excluding hydrogens is 430 g/mol. The SMILES string of the molecule is CC(=O)O[C@H]1CC[C@]2(C)[C@H]3CC[C@]4(C)C5C(C[C@H]4[C@@H]3CC[C@@]2(Cl)C1)[N+]1=C(CC[C@H](C)C1)[C@H]5C. The van der Waals surface area contributed by atoms with Crippen molar-refractivity contribution < 1.29 is 14.1 Å². The summed E-state index contributed by atoms with van der Waals surface area (Å²) in [6.07, 6.45) is 12.2. The lowest BCUT2D eigenvalue weighted by atomic mass is 9.44. The van der Waals surface area contributed by atoms with Crippen molar-refractivity contribution in [1.82, 2.24) is 0 Å². The Hall–Kier alpha value is -0.570. The quantitative estimate of drug-likeness (QED) is 0.248. The van der Waals surface area contributed by atoms with E-state index in [1.165, 1.54) is 52.0 Å². The normalized spacial score (nSPS) is 55.2. The highest BCUT2D eigenvalue weighted by molar-refractivity contribution is 6.24. The molecule has 3 nitrogen and oxygen atoms in total. The van der Waals surface area contributed by atoms with Gasteiger partial charge < -0.3 is 4.74 Å². The number of rotatable bonds is 1. The molecule has 0 aromatic rings. The van der Waals surface area contributed by atoms with Gasteiger partial charge in [0.05, 0.1) is 4.87 Å². The maximum absolute atomic E-state index is 11.6. The molecule has 0 aromatic carbocycles. The van der Waals surface area contributed by atoms with Crippen LogP contribution in [0.1, 0.15) is 98.8 Å². The summed E-state index contributed by atoms with van der Waals surface area (Å²) in [7, 11) is 0. The molecule has 11 atom stereocenters. The van der Waals surface area contributed by atoms with Crippen molar-refractivity contribution in [2.24, 2.45) is 46.3 Å². The molecule has 4 aliphatic carbocycles. The van der Waals surface area contributed by atoms with Crippen molar-refractivity contribution in [2.75, 3.05) is 6.54 Å². The molecule has 184 valence electrons. The number of nitrogens with zero attached hydrogens (tertiary/aromatic N) is 1. The van der Waals surface area contributed by atoms with Crippen LogP contribution in [0.4, 0.5) is 0 Å². The Balaban J connectivity index is 1.28. The number of hydrogen-bond acceptors (Lipinski definition) is 2. The Morgan fingerprint density at radius 1 is 1.06 bits per heavy atom. The van der Waals surface area contributed by atoms with Gasteiger partial charge >= 0.3 is 5.97 Å². The summed E-state index contributed by atoms with van der Waals surface area (Å²) >= 11 is 7.52. The molecule has 4 fully saturated rings. The van der Waals surface area contributed by atoms with Gasteiger partial charge in [-0.2, -0.15) is 0 Å². The van der Waals surface area contributed by atoms with Crippen molar-refractivity contribution in [1.29, 1.82) is 0 Å². The van der Waals surface area contributed by atoms with E-state index in [1.807, 2.05) is 5.71 Å². The zero-order chi connectivity index (χ0) is 23.3. The number of halogens is 1. The Kier molecular flexibility index (Phi) is 5.17. The molecule has 4 saturated carbocycles. The minimum Gasteiger partial charge on any atom is -0.462 e. The zero-order valence-corrected chi connectivity index (χ0v) is 22.3. The van der Waals surface area contributed by atoms with Crippen molar-refractivity contribution in [3.8, 4) is 0 Å². The fraction of sp³-hybridized carbons (Fsp3) is 0.931. The van der Waals surface area contributed by atoms with Gasteiger partial charge in [-0.15, -0.1) is 11.6 Å². The van der Waals surface area contributed by atoms with E-state index < -0.39 is 0 Å². The van der Waals surface area contributed by atoms with E-state index in [1.54, 1.807) is 0 Å². The number of fused-ring (bicyclic) bond motifs is 8. The number of hydrogen-bond donors (Lipinski definition) is 0. The van der Waals surface area contributed by atoms with Gasteiger partial charge in [-0.1, -0.05) is 27.7 Å². The maximum Gasteiger partial charge on any atom is 0.302 e. The van der Waals surface area contributed by atoms with Crippen molar-refractivity contribution in [2.45, 2.75) is 116 Å². The minimum atomic E-state index is -0.203. The van der Waals surface area contributed by atoms with Crippen LogP contribution >= 0.6 is 11.6 Å². The van der Waals surface area contributed by atoms with Gasteiger partial charge in [0.25, 0.3) is 0 Å². The largest absolute Gasteiger partial charge is 0.462 e. The Morgan fingerprint density at radius 2 is 1.85 bits per heavy atom. The van der Waals surface area contributed by atoms with Crippen molar-refractivity contribution >= 4 is 23.3 Å². The molecule has 6 aliphatic rings. The van der Waals surface area contributed by atoms with Crippen LogP contribution in [0.2, 0.25) is 0 Å². The van der Waals surface area contributed by atoms with Gasteiger partial charge in [-0.25, -0.2) is 4.58 Å². The Morgan fingerprint density at radius 3 is 2.61 bits per heavy atom. The summed E-state index contributed by atoms with van der Waals surface area (Å²) < 4.78 is 8.58. The third-order valence-electron chi connectivity index (χ3n) is 12.4. The highest BCUT2D eigenvalue weighted by atomic mass is 35.5. The van der Waals surface area contributed by atoms with Crippen LogP contribution in [0.15, 0.2) is 0 Å².